The fraction of sp³-hybridized carbons (Fsp3) is 0.357. The zero-order valence-electron chi connectivity index (χ0n) is 10.8. The molecule has 0 aliphatic rings. The Morgan fingerprint density at radius 1 is 1.28 bits per heavy atom. The Morgan fingerprint density at radius 3 is 2.72 bits per heavy atom. The Morgan fingerprint density at radius 2 is 2.06 bits per heavy atom. The standard InChI is InChI=1S/C14H18N2OS/c1-3-8-15-9-13-10-16-14(18-13)11-4-6-12(17-2)7-5-11/h4-7,10,15H,3,8-9H2,1-2H3. The van der Waals surface area contributed by atoms with Gasteiger partial charge in [0.25, 0.3) is 0 Å². The minimum absolute atomic E-state index is 0.875. The molecule has 0 radical (unpaired) electrons. The molecule has 0 saturated carbocycles. The van der Waals surface area contributed by atoms with Gasteiger partial charge in [-0.1, -0.05) is 6.92 Å². The fourth-order valence-electron chi connectivity index (χ4n) is 1.64. The highest BCUT2D eigenvalue weighted by Gasteiger charge is 2.04. The van der Waals surface area contributed by atoms with Gasteiger partial charge in [0.15, 0.2) is 0 Å². The average Bonchev–Trinajstić information content (AvgIpc) is 2.88. The lowest BCUT2D eigenvalue weighted by molar-refractivity contribution is 0.415. The Hall–Kier alpha value is -1.39. The smallest absolute Gasteiger partial charge is 0.123 e. The second-order valence-electron chi connectivity index (χ2n) is 4.04. The molecule has 0 atom stereocenters. The molecule has 4 heteroatoms. The molecule has 0 saturated heterocycles. The van der Waals surface area contributed by atoms with Crippen LogP contribution >= 0.6 is 11.3 Å². The monoisotopic (exact) mass is 262 g/mol. The van der Waals surface area contributed by atoms with Gasteiger partial charge in [0.05, 0.1) is 7.11 Å². The van der Waals surface area contributed by atoms with Crippen molar-refractivity contribution < 1.29 is 4.74 Å². The lowest BCUT2D eigenvalue weighted by Gasteiger charge is -2.00. The maximum Gasteiger partial charge on any atom is 0.123 e. The summed E-state index contributed by atoms with van der Waals surface area (Å²) in [5, 5.41) is 4.45. The number of hydrogen-bond donors (Lipinski definition) is 1. The zero-order chi connectivity index (χ0) is 12.8. The summed E-state index contributed by atoms with van der Waals surface area (Å²) in [7, 11) is 1.68. The first-order valence-corrected chi connectivity index (χ1v) is 6.95. The van der Waals surface area contributed by atoms with Crippen LogP contribution in [0.3, 0.4) is 0 Å². The molecule has 0 unspecified atom stereocenters. The first-order valence-electron chi connectivity index (χ1n) is 6.13. The summed E-state index contributed by atoms with van der Waals surface area (Å²) < 4.78 is 5.15. The van der Waals surface area contributed by atoms with Crippen LogP contribution in [0.2, 0.25) is 0 Å². The van der Waals surface area contributed by atoms with E-state index < -0.39 is 0 Å². The van der Waals surface area contributed by atoms with Crippen LogP contribution in [0.5, 0.6) is 5.75 Å². The molecule has 0 spiro atoms. The van der Waals surface area contributed by atoms with Crippen LogP contribution in [0.25, 0.3) is 10.6 Å². The zero-order valence-corrected chi connectivity index (χ0v) is 11.6. The van der Waals surface area contributed by atoms with Gasteiger partial charge in [-0.05, 0) is 37.2 Å². The summed E-state index contributed by atoms with van der Waals surface area (Å²) in [5.74, 6) is 0.875. The van der Waals surface area contributed by atoms with Crippen molar-refractivity contribution in [3.8, 4) is 16.3 Å². The number of nitrogens with one attached hydrogen (secondary N) is 1. The van der Waals surface area contributed by atoms with E-state index in [9.17, 15) is 0 Å². The second kappa shape index (κ2) is 6.52. The van der Waals surface area contributed by atoms with Gasteiger partial charge < -0.3 is 10.1 Å². The Balaban J connectivity index is 2.04. The Labute approximate surface area is 112 Å². The van der Waals surface area contributed by atoms with Crippen molar-refractivity contribution in [2.24, 2.45) is 0 Å². The van der Waals surface area contributed by atoms with Gasteiger partial charge in [0.2, 0.25) is 0 Å². The van der Waals surface area contributed by atoms with Crippen molar-refractivity contribution >= 4 is 11.3 Å². The van der Waals surface area contributed by atoms with Crippen LogP contribution in [-0.4, -0.2) is 18.6 Å². The topological polar surface area (TPSA) is 34.2 Å². The highest BCUT2D eigenvalue weighted by molar-refractivity contribution is 7.15. The Kier molecular flexibility index (Phi) is 4.73. The summed E-state index contributed by atoms with van der Waals surface area (Å²) in [6.45, 7) is 4.12. The minimum atomic E-state index is 0.875. The molecule has 0 bridgehead atoms. The maximum absolute atomic E-state index is 5.15. The number of ether oxygens (including phenoxy) is 1. The van der Waals surface area contributed by atoms with E-state index in [1.807, 2.05) is 30.5 Å². The molecule has 0 aliphatic carbocycles. The lowest BCUT2D eigenvalue weighted by Crippen LogP contribution is -2.12. The van der Waals surface area contributed by atoms with Gasteiger partial charge in [-0.15, -0.1) is 11.3 Å². The van der Waals surface area contributed by atoms with Crippen LogP contribution in [0, 0.1) is 0 Å². The number of methoxy groups -OCH3 is 1. The van der Waals surface area contributed by atoms with E-state index in [1.54, 1.807) is 18.4 Å². The highest BCUT2D eigenvalue weighted by Crippen LogP contribution is 2.26. The van der Waals surface area contributed by atoms with Crippen LogP contribution in [0.15, 0.2) is 30.5 Å². The van der Waals surface area contributed by atoms with E-state index in [4.69, 9.17) is 4.74 Å². The van der Waals surface area contributed by atoms with Crippen molar-refractivity contribution in [1.29, 1.82) is 0 Å². The van der Waals surface area contributed by atoms with E-state index in [2.05, 4.69) is 17.2 Å². The molecular formula is C14H18N2OS. The number of aromatic nitrogens is 1. The van der Waals surface area contributed by atoms with E-state index in [0.717, 1.165) is 35.8 Å². The molecule has 0 amide bonds. The van der Waals surface area contributed by atoms with E-state index in [1.165, 1.54) is 4.88 Å². The van der Waals surface area contributed by atoms with Crippen molar-refractivity contribution in [3.63, 3.8) is 0 Å². The molecule has 2 rings (SSSR count). The predicted octanol–water partition coefficient (Wildman–Crippen LogP) is 3.32. The molecule has 1 aromatic carbocycles. The number of hydrogen-bond acceptors (Lipinski definition) is 4. The van der Waals surface area contributed by atoms with Crippen molar-refractivity contribution in [2.75, 3.05) is 13.7 Å². The van der Waals surface area contributed by atoms with Gasteiger partial charge in [0, 0.05) is 23.2 Å². The minimum Gasteiger partial charge on any atom is -0.497 e. The summed E-state index contributed by atoms with van der Waals surface area (Å²) in [6.07, 6.45) is 3.11. The first-order chi connectivity index (χ1) is 8.83. The summed E-state index contributed by atoms with van der Waals surface area (Å²) in [5.41, 5.74) is 1.14. The maximum atomic E-state index is 5.15. The molecule has 96 valence electrons. The van der Waals surface area contributed by atoms with Crippen LogP contribution < -0.4 is 10.1 Å². The fourth-order valence-corrected chi connectivity index (χ4v) is 2.53. The molecule has 3 nitrogen and oxygen atoms in total. The van der Waals surface area contributed by atoms with Crippen molar-refractivity contribution in [1.82, 2.24) is 10.3 Å². The third kappa shape index (κ3) is 3.31. The summed E-state index contributed by atoms with van der Waals surface area (Å²) in [4.78, 5) is 5.73. The molecule has 2 aromatic rings. The average molecular weight is 262 g/mol. The van der Waals surface area contributed by atoms with E-state index >= 15 is 0 Å². The Bertz CT molecular complexity index is 479. The molecular weight excluding hydrogens is 244 g/mol. The SMILES string of the molecule is CCCNCc1cnc(-c2ccc(OC)cc2)s1. The molecule has 1 heterocycles. The quantitative estimate of drug-likeness (QED) is 0.811. The molecule has 0 fully saturated rings. The highest BCUT2D eigenvalue weighted by atomic mass is 32.1. The van der Waals surface area contributed by atoms with Crippen LogP contribution in [-0.2, 0) is 6.54 Å². The van der Waals surface area contributed by atoms with Gasteiger partial charge in [-0.3, -0.25) is 0 Å². The second-order valence-corrected chi connectivity index (χ2v) is 5.15. The van der Waals surface area contributed by atoms with Crippen LogP contribution in [0.1, 0.15) is 18.2 Å². The van der Waals surface area contributed by atoms with Gasteiger partial charge in [-0.2, -0.15) is 0 Å². The van der Waals surface area contributed by atoms with Crippen molar-refractivity contribution in [3.05, 3.63) is 35.3 Å². The number of thiazole rings is 1. The molecule has 1 aromatic heterocycles. The third-order valence-corrected chi connectivity index (χ3v) is 3.66. The van der Waals surface area contributed by atoms with E-state index in [-0.39, 0.29) is 0 Å². The number of nitrogens with zero attached hydrogens (tertiary/aromatic N) is 1. The van der Waals surface area contributed by atoms with Gasteiger partial charge >= 0.3 is 0 Å². The van der Waals surface area contributed by atoms with Crippen LogP contribution in [0.4, 0.5) is 0 Å². The first kappa shape index (κ1) is 13.1. The third-order valence-electron chi connectivity index (χ3n) is 2.62. The number of benzene rings is 1. The van der Waals surface area contributed by atoms with Gasteiger partial charge in [-0.25, -0.2) is 4.98 Å². The molecule has 1 N–H and O–H groups in total. The normalized spacial score (nSPS) is 10.6. The van der Waals surface area contributed by atoms with E-state index in [0.29, 0.717) is 0 Å². The predicted molar refractivity (Wildman–Crippen MR) is 76.1 cm³/mol. The lowest BCUT2D eigenvalue weighted by atomic mass is 10.2. The van der Waals surface area contributed by atoms with Gasteiger partial charge in [0.1, 0.15) is 10.8 Å². The largest absolute Gasteiger partial charge is 0.497 e. The van der Waals surface area contributed by atoms with Crippen molar-refractivity contribution in [2.45, 2.75) is 19.9 Å². The summed E-state index contributed by atoms with van der Waals surface area (Å²) in [6, 6.07) is 8.01. The number of rotatable bonds is 6. The molecule has 18 heavy (non-hydrogen) atoms. The summed E-state index contributed by atoms with van der Waals surface area (Å²) >= 11 is 1.74. The molecule has 0 aliphatic heterocycles.